The highest BCUT2D eigenvalue weighted by Gasteiger charge is 2.54. The van der Waals surface area contributed by atoms with Gasteiger partial charge < -0.3 is 10.5 Å². The largest absolute Gasteiger partial charge is 0.490 e. The van der Waals surface area contributed by atoms with Crippen molar-refractivity contribution in [3.63, 3.8) is 0 Å². The molecule has 98 valence electrons. The van der Waals surface area contributed by atoms with E-state index < -0.39 is 0 Å². The van der Waals surface area contributed by atoms with E-state index >= 15 is 0 Å². The van der Waals surface area contributed by atoms with Gasteiger partial charge in [0.15, 0.2) is 0 Å². The molecule has 3 rings (SSSR count). The molecule has 1 aromatic carbocycles. The lowest BCUT2D eigenvalue weighted by atomic mass is 9.58. The van der Waals surface area contributed by atoms with Crippen LogP contribution in [0.15, 0.2) is 30.3 Å². The van der Waals surface area contributed by atoms with E-state index in [1.54, 1.807) is 0 Å². The summed E-state index contributed by atoms with van der Waals surface area (Å²) in [5, 5.41) is 0. The molecule has 2 fully saturated rings. The van der Waals surface area contributed by atoms with Gasteiger partial charge in [0.25, 0.3) is 0 Å². The minimum atomic E-state index is 0.270. The third-order valence-corrected chi connectivity index (χ3v) is 4.90. The van der Waals surface area contributed by atoms with Gasteiger partial charge in [0.1, 0.15) is 11.9 Å². The summed E-state index contributed by atoms with van der Waals surface area (Å²) in [4.78, 5) is 0. The Bertz CT molecular complexity index is 381. The summed E-state index contributed by atoms with van der Waals surface area (Å²) in [7, 11) is 0. The summed E-state index contributed by atoms with van der Waals surface area (Å²) in [6, 6.07) is 10.6. The highest BCUT2D eigenvalue weighted by molar-refractivity contribution is 5.23. The third-order valence-electron chi connectivity index (χ3n) is 4.90. The van der Waals surface area contributed by atoms with Crippen molar-refractivity contribution in [1.82, 2.24) is 0 Å². The van der Waals surface area contributed by atoms with Crippen LogP contribution in [-0.4, -0.2) is 12.1 Å². The number of hydrogen-bond donors (Lipinski definition) is 1. The van der Waals surface area contributed by atoms with Crippen LogP contribution in [0.1, 0.15) is 44.9 Å². The zero-order valence-electron chi connectivity index (χ0n) is 11.0. The van der Waals surface area contributed by atoms with Crippen molar-refractivity contribution in [2.24, 2.45) is 11.1 Å². The van der Waals surface area contributed by atoms with Gasteiger partial charge in [0, 0.05) is 17.9 Å². The molecule has 18 heavy (non-hydrogen) atoms. The smallest absolute Gasteiger partial charge is 0.119 e. The molecule has 2 atom stereocenters. The topological polar surface area (TPSA) is 35.2 Å². The van der Waals surface area contributed by atoms with Crippen LogP contribution in [-0.2, 0) is 0 Å². The van der Waals surface area contributed by atoms with E-state index in [1.165, 1.54) is 38.5 Å². The Morgan fingerprint density at radius 1 is 1.00 bits per heavy atom. The fourth-order valence-electron chi connectivity index (χ4n) is 3.69. The maximum atomic E-state index is 6.32. The summed E-state index contributed by atoms with van der Waals surface area (Å²) in [6.45, 7) is 0. The highest BCUT2D eigenvalue weighted by Crippen LogP contribution is 2.51. The lowest BCUT2D eigenvalue weighted by Gasteiger charge is -2.54. The van der Waals surface area contributed by atoms with Gasteiger partial charge in [-0.1, -0.05) is 43.9 Å². The van der Waals surface area contributed by atoms with E-state index in [9.17, 15) is 0 Å². The van der Waals surface area contributed by atoms with E-state index in [4.69, 9.17) is 10.5 Å². The van der Waals surface area contributed by atoms with Crippen molar-refractivity contribution in [2.75, 3.05) is 0 Å². The zero-order valence-corrected chi connectivity index (χ0v) is 11.0. The molecule has 0 aromatic heterocycles. The van der Waals surface area contributed by atoms with Gasteiger partial charge in [-0.05, 0) is 25.0 Å². The molecular formula is C16H23NO. The van der Waals surface area contributed by atoms with Crippen LogP contribution in [0, 0.1) is 5.41 Å². The minimum absolute atomic E-state index is 0.270. The van der Waals surface area contributed by atoms with Crippen LogP contribution in [0.3, 0.4) is 0 Å². The van der Waals surface area contributed by atoms with Crippen LogP contribution >= 0.6 is 0 Å². The first-order valence-corrected chi connectivity index (χ1v) is 7.28. The monoisotopic (exact) mass is 245 g/mol. The molecule has 0 amide bonds. The van der Waals surface area contributed by atoms with Crippen LogP contribution < -0.4 is 10.5 Å². The van der Waals surface area contributed by atoms with Gasteiger partial charge in [-0.2, -0.15) is 0 Å². The van der Waals surface area contributed by atoms with Gasteiger partial charge in [0.05, 0.1) is 0 Å². The average Bonchev–Trinajstić information content (AvgIpc) is 2.67. The minimum Gasteiger partial charge on any atom is -0.490 e. The molecule has 0 heterocycles. The number of rotatable bonds is 2. The summed E-state index contributed by atoms with van der Waals surface area (Å²) >= 11 is 0. The summed E-state index contributed by atoms with van der Waals surface area (Å²) < 4.78 is 6.19. The molecule has 2 aliphatic rings. The first-order chi connectivity index (χ1) is 8.81. The fourth-order valence-corrected chi connectivity index (χ4v) is 3.69. The third kappa shape index (κ3) is 2.03. The van der Waals surface area contributed by atoms with E-state index in [0.29, 0.717) is 12.1 Å². The van der Waals surface area contributed by atoms with E-state index in [1.807, 2.05) is 30.3 Å². The Hall–Kier alpha value is -1.02. The summed E-state index contributed by atoms with van der Waals surface area (Å²) in [5.74, 6) is 0.998. The molecule has 0 bridgehead atoms. The number of para-hydroxylation sites is 1. The van der Waals surface area contributed by atoms with Gasteiger partial charge >= 0.3 is 0 Å². The van der Waals surface area contributed by atoms with E-state index in [0.717, 1.165) is 12.2 Å². The standard InChI is InChI=1S/C16H23NO/c17-14-12-15(18-13-8-4-3-5-9-13)16(14)10-6-1-2-7-11-16/h3-5,8-9,14-15H,1-2,6-7,10-12,17H2. The van der Waals surface area contributed by atoms with Crippen molar-refractivity contribution >= 4 is 0 Å². The lowest BCUT2D eigenvalue weighted by molar-refractivity contribution is -0.0770. The molecule has 0 aliphatic heterocycles. The molecule has 2 nitrogen and oxygen atoms in total. The number of ether oxygens (including phenoxy) is 1. The zero-order chi connectivity index (χ0) is 12.4. The molecule has 2 heteroatoms. The number of nitrogens with two attached hydrogens (primary N) is 1. The number of hydrogen-bond acceptors (Lipinski definition) is 2. The Balaban J connectivity index is 1.72. The lowest BCUT2D eigenvalue weighted by Crippen LogP contribution is -2.63. The van der Waals surface area contributed by atoms with Crippen molar-refractivity contribution in [3.05, 3.63) is 30.3 Å². The van der Waals surface area contributed by atoms with Gasteiger partial charge in [-0.3, -0.25) is 0 Å². The van der Waals surface area contributed by atoms with Crippen molar-refractivity contribution in [2.45, 2.75) is 57.1 Å². The summed E-state index contributed by atoms with van der Waals surface area (Å²) in [6.07, 6.45) is 9.25. The quantitative estimate of drug-likeness (QED) is 0.865. The molecule has 2 unspecified atom stereocenters. The predicted octanol–water partition coefficient (Wildman–Crippen LogP) is 3.51. The van der Waals surface area contributed by atoms with Crippen LogP contribution in [0.25, 0.3) is 0 Å². The van der Waals surface area contributed by atoms with E-state index in [2.05, 4.69) is 0 Å². The molecule has 0 saturated heterocycles. The Morgan fingerprint density at radius 3 is 2.28 bits per heavy atom. The van der Waals surface area contributed by atoms with Crippen LogP contribution in [0.2, 0.25) is 0 Å². The second-order valence-electron chi connectivity index (χ2n) is 5.91. The predicted molar refractivity (Wildman–Crippen MR) is 73.6 cm³/mol. The van der Waals surface area contributed by atoms with Gasteiger partial charge in [-0.25, -0.2) is 0 Å². The maximum Gasteiger partial charge on any atom is 0.119 e. The average molecular weight is 245 g/mol. The van der Waals surface area contributed by atoms with E-state index in [-0.39, 0.29) is 5.41 Å². The molecule has 2 N–H and O–H groups in total. The van der Waals surface area contributed by atoms with Crippen molar-refractivity contribution < 1.29 is 4.74 Å². The molecule has 2 aliphatic carbocycles. The second-order valence-corrected chi connectivity index (χ2v) is 5.91. The second kappa shape index (κ2) is 4.93. The van der Waals surface area contributed by atoms with Crippen LogP contribution in [0.5, 0.6) is 5.75 Å². The van der Waals surface area contributed by atoms with Gasteiger partial charge in [0.2, 0.25) is 0 Å². The Labute approximate surface area is 110 Å². The van der Waals surface area contributed by atoms with Crippen molar-refractivity contribution in [3.8, 4) is 5.75 Å². The molecule has 2 saturated carbocycles. The first kappa shape index (κ1) is 12.0. The maximum absolute atomic E-state index is 6.32. The number of benzene rings is 1. The first-order valence-electron chi connectivity index (χ1n) is 7.28. The molecule has 1 aromatic rings. The SMILES string of the molecule is NC1CC(Oc2ccccc2)C12CCCCCC2. The molecule has 1 spiro atoms. The Kier molecular flexibility index (Phi) is 3.29. The van der Waals surface area contributed by atoms with Crippen molar-refractivity contribution in [1.29, 1.82) is 0 Å². The normalized spacial score (nSPS) is 30.5. The summed E-state index contributed by atoms with van der Waals surface area (Å²) in [5.41, 5.74) is 6.59. The Morgan fingerprint density at radius 2 is 1.67 bits per heavy atom. The van der Waals surface area contributed by atoms with Crippen LogP contribution in [0.4, 0.5) is 0 Å². The molecule has 0 radical (unpaired) electrons. The van der Waals surface area contributed by atoms with Gasteiger partial charge in [-0.15, -0.1) is 0 Å². The molecular weight excluding hydrogens is 222 g/mol. The highest BCUT2D eigenvalue weighted by atomic mass is 16.5. The fraction of sp³-hybridized carbons (Fsp3) is 0.625.